The van der Waals surface area contributed by atoms with Gasteiger partial charge in [0.25, 0.3) is 5.91 Å². The van der Waals surface area contributed by atoms with Gasteiger partial charge in [0.15, 0.2) is 18.1 Å². The lowest BCUT2D eigenvalue weighted by atomic mass is 9.72. The van der Waals surface area contributed by atoms with Gasteiger partial charge in [0.05, 0.1) is 18.9 Å². The molecule has 0 fully saturated rings. The van der Waals surface area contributed by atoms with Gasteiger partial charge in [-0.15, -0.1) is 0 Å². The predicted molar refractivity (Wildman–Crippen MR) is 149 cm³/mol. The fourth-order valence-electron chi connectivity index (χ4n) is 4.37. The Kier molecular flexibility index (Phi) is 9.29. The van der Waals surface area contributed by atoms with E-state index in [2.05, 4.69) is 45.1 Å². The van der Waals surface area contributed by atoms with Gasteiger partial charge in [-0.1, -0.05) is 65.0 Å². The molecule has 0 unspecified atom stereocenters. The summed E-state index contributed by atoms with van der Waals surface area (Å²) in [5.74, 6) is 0.384. The molecule has 0 radical (unpaired) electrons. The zero-order chi connectivity index (χ0) is 27.8. The average molecular weight is 517 g/mol. The Balaban J connectivity index is 1.51. The zero-order valence-corrected chi connectivity index (χ0v) is 22.9. The molecule has 1 amide bonds. The first kappa shape index (κ1) is 28.4. The molecule has 7 heteroatoms. The third-order valence-electron chi connectivity index (χ3n) is 5.78. The summed E-state index contributed by atoms with van der Waals surface area (Å²) in [6.45, 7) is 11.0. The predicted octanol–water partition coefficient (Wildman–Crippen LogP) is 6.16. The normalized spacial score (nSPS) is 11.7. The Morgan fingerprint density at radius 1 is 0.895 bits per heavy atom. The number of carbonyl (C=O) groups excluding carboxylic acids is 2. The van der Waals surface area contributed by atoms with Crippen LogP contribution in [0.25, 0.3) is 0 Å². The quantitative estimate of drug-likeness (QED) is 0.151. The number of esters is 1. The van der Waals surface area contributed by atoms with Gasteiger partial charge in [-0.25, -0.2) is 10.2 Å². The number of nitrogens with one attached hydrogen (secondary N) is 1. The molecule has 0 heterocycles. The van der Waals surface area contributed by atoms with E-state index in [9.17, 15) is 9.59 Å². The standard InChI is InChI=1S/C31H36N2O5/c1-30(2,3)21-31(4,5)24-13-15-25(16-14-24)37-20-28(34)33-32-19-22-12-17-26(27(18-22)36-6)38-29(35)23-10-8-7-9-11-23/h7-19H,20-21H2,1-6H3,(H,33,34). The van der Waals surface area contributed by atoms with E-state index in [-0.39, 0.29) is 23.2 Å². The highest BCUT2D eigenvalue weighted by atomic mass is 16.6. The van der Waals surface area contributed by atoms with E-state index in [1.807, 2.05) is 30.3 Å². The number of rotatable bonds is 10. The minimum Gasteiger partial charge on any atom is -0.493 e. The van der Waals surface area contributed by atoms with Crippen LogP contribution in [-0.4, -0.2) is 31.8 Å². The highest BCUT2D eigenvalue weighted by molar-refractivity contribution is 5.91. The van der Waals surface area contributed by atoms with Gasteiger partial charge in [0, 0.05) is 0 Å². The summed E-state index contributed by atoms with van der Waals surface area (Å²) in [6.07, 6.45) is 2.52. The van der Waals surface area contributed by atoms with Gasteiger partial charge < -0.3 is 14.2 Å². The molecule has 0 aliphatic rings. The lowest BCUT2D eigenvalue weighted by Gasteiger charge is -2.33. The zero-order valence-electron chi connectivity index (χ0n) is 22.9. The number of nitrogens with zero attached hydrogens (tertiary/aromatic N) is 1. The average Bonchev–Trinajstić information content (AvgIpc) is 2.87. The molecule has 38 heavy (non-hydrogen) atoms. The minimum atomic E-state index is -0.485. The first-order valence-corrected chi connectivity index (χ1v) is 12.5. The fraction of sp³-hybridized carbons (Fsp3) is 0.323. The van der Waals surface area contributed by atoms with E-state index >= 15 is 0 Å². The summed E-state index contributed by atoms with van der Waals surface area (Å²) in [5, 5.41) is 3.98. The van der Waals surface area contributed by atoms with Crippen molar-refractivity contribution in [3.63, 3.8) is 0 Å². The Hall–Kier alpha value is -4.13. The molecular formula is C31H36N2O5. The van der Waals surface area contributed by atoms with Crippen LogP contribution in [0.4, 0.5) is 0 Å². The van der Waals surface area contributed by atoms with Crippen molar-refractivity contribution < 1.29 is 23.8 Å². The highest BCUT2D eigenvalue weighted by Gasteiger charge is 2.27. The summed E-state index contributed by atoms with van der Waals surface area (Å²) in [4.78, 5) is 24.5. The van der Waals surface area contributed by atoms with Gasteiger partial charge >= 0.3 is 5.97 Å². The van der Waals surface area contributed by atoms with Crippen molar-refractivity contribution >= 4 is 18.1 Å². The Labute approximate surface area is 224 Å². The van der Waals surface area contributed by atoms with Crippen molar-refractivity contribution in [3.05, 3.63) is 89.5 Å². The SMILES string of the molecule is COc1cc(C=NNC(=O)COc2ccc(C(C)(C)CC(C)(C)C)cc2)ccc1OC(=O)c1ccccc1. The molecule has 0 spiro atoms. The first-order valence-electron chi connectivity index (χ1n) is 12.5. The van der Waals surface area contributed by atoms with Crippen LogP contribution >= 0.6 is 0 Å². The number of hydrazone groups is 1. The molecule has 3 aromatic carbocycles. The van der Waals surface area contributed by atoms with Crippen LogP contribution in [-0.2, 0) is 10.2 Å². The van der Waals surface area contributed by atoms with Crippen LogP contribution in [0, 0.1) is 5.41 Å². The summed E-state index contributed by atoms with van der Waals surface area (Å²) in [5.41, 5.74) is 5.02. The maximum Gasteiger partial charge on any atom is 0.343 e. The monoisotopic (exact) mass is 516 g/mol. The third-order valence-corrected chi connectivity index (χ3v) is 5.78. The molecule has 7 nitrogen and oxygen atoms in total. The van der Waals surface area contributed by atoms with Crippen LogP contribution in [0.5, 0.6) is 17.2 Å². The minimum absolute atomic E-state index is 0.0350. The van der Waals surface area contributed by atoms with Crippen molar-refractivity contribution in [2.45, 2.75) is 46.5 Å². The van der Waals surface area contributed by atoms with Crippen LogP contribution in [0.1, 0.15) is 62.5 Å². The van der Waals surface area contributed by atoms with E-state index in [0.717, 1.165) is 6.42 Å². The van der Waals surface area contributed by atoms with Crippen LogP contribution in [0.3, 0.4) is 0 Å². The van der Waals surface area contributed by atoms with Crippen molar-refractivity contribution in [1.29, 1.82) is 0 Å². The van der Waals surface area contributed by atoms with E-state index in [1.165, 1.54) is 18.9 Å². The molecule has 3 aromatic rings. The van der Waals surface area contributed by atoms with Crippen LogP contribution in [0.2, 0.25) is 0 Å². The Morgan fingerprint density at radius 3 is 2.21 bits per heavy atom. The van der Waals surface area contributed by atoms with Gasteiger partial charge in [-0.05, 0) is 70.8 Å². The van der Waals surface area contributed by atoms with Crippen LogP contribution in [0.15, 0.2) is 77.9 Å². The molecule has 200 valence electrons. The summed E-state index contributed by atoms with van der Waals surface area (Å²) >= 11 is 0. The van der Waals surface area contributed by atoms with Gasteiger partial charge in [-0.3, -0.25) is 4.79 Å². The number of hydrogen-bond acceptors (Lipinski definition) is 6. The fourth-order valence-corrected chi connectivity index (χ4v) is 4.37. The molecular weight excluding hydrogens is 480 g/mol. The molecule has 0 atom stereocenters. The van der Waals surface area contributed by atoms with Crippen molar-refractivity contribution in [2.24, 2.45) is 10.5 Å². The first-order chi connectivity index (χ1) is 18.0. The second-order valence-electron chi connectivity index (χ2n) is 10.9. The molecule has 0 aliphatic carbocycles. The van der Waals surface area contributed by atoms with Crippen molar-refractivity contribution in [2.75, 3.05) is 13.7 Å². The molecule has 1 N–H and O–H groups in total. The van der Waals surface area contributed by atoms with E-state index in [0.29, 0.717) is 22.6 Å². The highest BCUT2D eigenvalue weighted by Crippen LogP contribution is 2.36. The molecule has 0 aromatic heterocycles. The second-order valence-corrected chi connectivity index (χ2v) is 10.9. The second kappa shape index (κ2) is 12.4. The van der Waals surface area contributed by atoms with Crippen molar-refractivity contribution in [3.8, 4) is 17.2 Å². The topological polar surface area (TPSA) is 86.2 Å². The van der Waals surface area contributed by atoms with E-state index in [4.69, 9.17) is 14.2 Å². The molecule has 0 bridgehead atoms. The number of hydrogen-bond donors (Lipinski definition) is 1. The number of benzene rings is 3. The lowest BCUT2D eigenvalue weighted by molar-refractivity contribution is -0.123. The largest absolute Gasteiger partial charge is 0.493 e. The maximum absolute atomic E-state index is 12.3. The molecule has 0 saturated carbocycles. The summed E-state index contributed by atoms with van der Waals surface area (Å²) < 4.78 is 16.4. The third kappa shape index (κ3) is 8.47. The van der Waals surface area contributed by atoms with Gasteiger partial charge in [0.2, 0.25) is 0 Å². The Morgan fingerprint density at radius 2 is 1.58 bits per heavy atom. The molecule has 3 rings (SSSR count). The Bertz CT molecular complexity index is 1260. The smallest absolute Gasteiger partial charge is 0.343 e. The maximum atomic E-state index is 12.3. The van der Waals surface area contributed by atoms with Gasteiger partial charge in [-0.2, -0.15) is 5.10 Å². The van der Waals surface area contributed by atoms with E-state index in [1.54, 1.807) is 42.5 Å². The molecule has 0 saturated heterocycles. The van der Waals surface area contributed by atoms with E-state index < -0.39 is 11.9 Å². The van der Waals surface area contributed by atoms with Gasteiger partial charge in [0.1, 0.15) is 5.75 Å². The molecule has 0 aliphatic heterocycles. The van der Waals surface area contributed by atoms with Crippen LogP contribution < -0.4 is 19.6 Å². The number of methoxy groups -OCH3 is 1. The number of carbonyl (C=O) groups is 2. The number of amides is 1. The number of ether oxygens (including phenoxy) is 3. The summed E-state index contributed by atoms with van der Waals surface area (Å²) in [6, 6.07) is 21.5. The van der Waals surface area contributed by atoms with Crippen molar-refractivity contribution in [1.82, 2.24) is 5.43 Å². The lowest BCUT2D eigenvalue weighted by Crippen LogP contribution is -2.25. The summed E-state index contributed by atoms with van der Waals surface area (Å²) in [7, 11) is 1.48.